The van der Waals surface area contributed by atoms with Crippen LogP contribution < -0.4 is 15.8 Å². The van der Waals surface area contributed by atoms with Crippen LogP contribution in [0, 0.1) is 5.92 Å². The monoisotopic (exact) mass is 272 g/mol. The van der Waals surface area contributed by atoms with Gasteiger partial charge in [-0.05, 0) is 12.8 Å². The van der Waals surface area contributed by atoms with Crippen molar-refractivity contribution in [3.63, 3.8) is 0 Å². The van der Waals surface area contributed by atoms with Crippen LogP contribution in [-0.4, -0.2) is 26.2 Å². The Morgan fingerprint density at radius 1 is 1.33 bits per heavy atom. The van der Waals surface area contributed by atoms with Gasteiger partial charge in [0.25, 0.3) is 0 Å². The molecule has 1 aromatic heterocycles. The number of ether oxygens (including phenoxy) is 2. The molecule has 0 amide bonds. The Bertz CT molecular complexity index is 429. The Kier molecular flexibility index (Phi) is 4.84. The van der Waals surface area contributed by atoms with E-state index in [1.807, 2.05) is 0 Å². The maximum Gasteiger partial charge on any atom is 0.350 e. The quantitative estimate of drug-likeness (QED) is 0.806. The summed E-state index contributed by atoms with van der Waals surface area (Å²) >= 11 is 1.25. The standard InChI is InChI=1S/C12H20N2O3S/c1-6(2)7(3)14-11-9(16-4)8(13)10(18-11)12(15)17-5/h6-7,14H,13H2,1-5H3. The van der Waals surface area contributed by atoms with Gasteiger partial charge in [-0.15, -0.1) is 11.3 Å². The van der Waals surface area contributed by atoms with E-state index in [-0.39, 0.29) is 6.04 Å². The molecule has 1 rings (SSSR count). The minimum Gasteiger partial charge on any atom is -0.492 e. The zero-order valence-electron chi connectivity index (χ0n) is 11.4. The van der Waals surface area contributed by atoms with Gasteiger partial charge in [0.05, 0.1) is 14.2 Å². The minimum absolute atomic E-state index is 0.252. The average molecular weight is 272 g/mol. The van der Waals surface area contributed by atoms with Gasteiger partial charge in [0, 0.05) is 6.04 Å². The first-order chi connectivity index (χ1) is 8.42. The Balaban J connectivity index is 3.08. The summed E-state index contributed by atoms with van der Waals surface area (Å²) in [5.74, 6) is 0.522. The van der Waals surface area contributed by atoms with Crippen LogP contribution in [0.4, 0.5) is 10.7 Å². The number of anilines is 2. The fraction of sp³-hybridized carbons (Fsp3) is 0.583. The summed E-state index contributed by atoms with van der Waals surface area (Å²) in [5, 5.41) is 4.07. The summed E-state index contributed by atoms with van der Waals surface area (Å²) in [4.78, 5) is 11.9. The fourth-order valence-corrected chi connectivity index (χ4v) is 2.45. The molecule has 3 N–H and O–H groups in total. The molecule has 1 aromatic rings. The Morgan fingerprint density at radius 2 is 1.94 bits per heavy atom. The van der Waals surface area contributed by atoms with E-state index >= 15 is 0 Å². The number of methoxy groups -OCH3 is 2. The van der Waals surface area contributed by atoms with Crippen molar-refractivity contribution in [2.45, 2.75) is 26.8 Å². The fourth-order valence-electron chi connectivity index (χ4n) is 1.34. The molecule has 6 heteroatoms. The summed E-state index contributed by atoms with van der Waals surface area (Å²) in [7, 11) is 2.86. The van der Waals surface area contributed by atoms with Crippen molar-refractivity contribution in [1.82, 2.24) is 0 Å². The number of hydrogen-bond donors (Lipinski definition) is 2. The summed E-state index contributed by atoms with van der Waals surface area (Å²) in [5.41, 5.74) is 6.21. The lowest BCUT2D eigenvalue weighted by molar-refractivity contribution is 0.0607. The van der Waals surface area contributed by atoms with E-state index in [0.717, 1.165) is 5.00 Å². The second kappa shape index (κ2) is 5.95. The highest BCUT2D eigenvalue weighted by molar-refractivity contribution is 7.19. The average Bonchev–Trinajstić information content (AvgIpc) is 2.64. The molecule has 0 aromatic carbocycles. The molecule has 102 valence electrons. The Labute approximate surface area is 111 Å². The highest BCUT2D eigenvalue weighted by Gasteiger charge is 2.23. The van der Waals surface area contributed by atoms with Crippen molar-refractivity contribution in [1.29, 1.82) is 0 Å². The number of hydrogen-bond acceptors (Lipinski definition) is 6. The molecule has 0 radical (unpaired) electrons. The van der Waals surface area contributed by atoms with Gasteiger partial charge in [-0.2, -0.15) is 0 Å². The molecule has 5 nitrogen and oxygen atoms in total. The van der Waals surface area contributed by atoms with Gasteiger partial charge in [-0.1, -0.05) is 13.8 Å². The number of thiophene rings is 1. The molecule has 1 unspecified atom stereocenters. The largest absolute Gasteiger partial charge is 0.492 e. The molecule has 0 fully saturated rings. The number of carbonyl (C=O) groups is 1. The van der Waals surface area contributed by atoms with Crippen LogP contribution in [0.25, 0.3) is 0 Å². The highest BCUT2D eigenvalue weighted by Crippen LogP contribution is 2.43. The van der Waals surface area contributed by atoms with Crippen LogP contribution in [0.1, 0.15) is 30.4 Å². The van der Waals surface area contributed by atoms with Crippen LogP contribution in [-0.2, 0) is 4.74 Å². The number of nitrogen functional groups attached to an aromatic ring is 1. The summed E-state index contributed by atoms with van der Waals surface area (Å²) < 4.78 is 9.94. The SMILES string of the molecule is COC(=O)c1sc(NC(C)C(C)C)c(OC)c1N. The molecule has 0 bridgehead atoms. The lowest BCUT2D eigenvalue weighted by Gasteiger charge is -2.18. The van der Waals surface area contributed by atoms with Crippen molar-refractivity contribution in [2.24, 2.45) is 5.92 Å². The predicted octanol–water partition coefficient (Wildman–Crippen LogP) is 2.58. The Hall–Kier alpha value is -1.43. The van der Waals surface area contributed by atoms with Crippen LogP contribution in [0.15, 0.2) is 0 Å². The maximum atomic E-state index is 11.6. The van der Waals surface area contributed by atoms with E-state index in [4.69, 9.17) is 15.2 Å². The van der Waals surface area contributed by atoms with Gasteiger partial charge in [-0.3, -0.25) is 0 Å². The first-order valence-electron chi connectivity index (χ1n) is 5.73. The molecule has 1 atom stereocenters. The highest BCUT2D eigenvalue weighted by atomic mass is 32.1. The molecule has 0 saturated carbocycles. The van der Waals surface area contributed by atoms with Crippen LogP contribution >= 0.6 is 11.3 Å². The Morgan fingerprint density at radius 3 is 2.39 bits per heavy atom. The first kappa shape index (κ1) is 14.6. The summed E-state index contributed by atoms with van der Waals surface area (Å²) in [6, 6.07) is 0.252. The second-order valence-electron chi connectivity index (χ2n) is 4.38. The van der Waals surface area contributed by atoms with Gasteiger partial charge in [0.15, 0.2) is 5.75 Å². The summed E-state index contributed by atoms with van der Waals surface area (Å²) in [6.45, 7) is 6.29. The van der Waals surface area contributed by atoms with Crippen molar-refractivity contribution >= 4 is 28.0 Å². The van der Waals surface area contributed by atoms with Crippen molar-refractivity contribution in [2.75, 3.05) is 25.3 Å². The van der Waals surface area contributed by atoms with Crippen LogP contribution in [0.3, 0.4) is 0 Å². The van der Waals surface area contributed by atoms with Gasteiger partial charge < -0.3 is 20.5 Å². The molecule has 0 aliphatic carbocycles. The number of esters is 1. The van der Waals surface area contributed by atoms with E-state index in [1.54, 1.807) is 0 Å². The van der Waals surface area contributed by atoms with Crippen molar-refractivity contribution in [3.05, 3.63) is 4.88 Å². The van der Waals surface area contributed by atoms with Crippen molar-refractivity contribution < 1.29 is 14.3 Å². The van der Waals surface area contributed by atoms with Gasteiger partial charge in [0.2, 0.25) is 0 Å². The lowest BCUT2D eigenvalue weighted by Crippen LogP contribution is -2.21. The third-order valence-corrected chi connectivity index (χ3v) is 3.93. The molecule has 1 heterocycles. The van der Waals surface area contributed by atoms with Crippen LogP contribution in [0.2, 0.25) is 0 Å². The minimum atomic E-state index is -0.443. The van der Waals surface area contributed by atoms with Gasteiger partial charge in [-0.25, -0.2) is 4.79 Å². The normalized spacial score (nSPS) is 12.3. The second-order valence-corrected chi connectivity index (χ2v) is 5.40. The number of nitrogens with two attached hydrogens (primary N) is 1. The maximum absolute atomic E-state index is 11.6. The van der Waals surface area contributed by atoms with Crippen LogP contribution in [0.5, 0.6) is 5.75 Å². The van der Waals surface area contributed by atoms with E-state index < -0.39 is 5.97 Å². The molecule has 18 heavy (non-hydrogen) atoms. The summed E-state index contributed by atoms with van der Waals surface area (Å²) in [6.07, 6.45) is 0. The molecule has 0 aliphatic rings. The molecule has 0 spiro atoms. The lowest BCUT2D eigenvalue weighted by atomic mass is 10.1. The van der Waals surface area contributed by atoms with E-state index in [9.17, 15) is 4.79 Å². The first-order valence-corrected chi connectivity index (χ1v) is 6.55. The van der Waals surface area contributed by atoms with Gasteiger partial charge >= 0.3 is 5.97 Å². The number of carbonyl (C=O) groups excluding carboxylic acids is 1. The zero-order valence-corrected chi connectivity index (χ0v) is 12.2. The van der Waals surface area contributed by atoms with E-state index in [0.29, 0.717) is 22.2 Å². The smallest absolute Gasteiger partial charge is 0.350 e. The third-order valence-electron chi connectivity index (χ3n) is 2.83. The van der Waals surface area contributed by atoms with Gasteiger partial charge in [0.1, 0.15) is 15.6 Å². The zero-order chi connectivity index (χ0) is 13.9. The molecular weight excluding hydrogens is 252 g/mol. The van der Waals surface area contributed by atoms with E-state index in [2.05, 4.69) is 26.1 Å². The molecule has 0 aliphatic heterocycles. The van der Waals surface area contributed by atoms with Crippen molar-refractivity contribution in [3.8, 4) is 5.75 Å². The third kappa shape index (κ3) is 2.87. The molecular formula is C12H20N2O3S. The number of nitrogens with one attached hydrogen (secondary N) is 1. The molecule has 0 saturated heterocycles. The van der Waals surface area contributed by atoms with E-state index in [1.165, 1.54) is 25.6 Å². The topological polar surface area (TPSA) is 73.6 Å². The predicted molar refractivity (Wildman–Crippen MR) is 74.5 cm³/mol. The number of rotatable bonds is 5.